The molecule has 266 valence electrons. The van der Waals surface area contributed by atoms with Crippen LogP contribution >= 0.6 is 0 Å². The van der Waals surface area contributed by atoms with Crippen LogP contribution in [0, 0.1) is 0 Å². The Morgan fingerprint density at radius 3 is 1.53 bits per heavy atom. The lowest BCUT2D eigenvalue weighted by Gasteiger charge is -2.11. The van der Waals surface area contributed by atoms with E-state index in [-0.39, 0.29) is 0 Å². The number of nitrogens with zero attached hydrogens (tertiary/aromatic N) is 5. The molecule has 0 saturated carbocycles. The Bertz CT molecular complexity index is 3430. The normalized spacial score (nSPS) is 11.9. The van der Waals surface area contributed by atoms with Crippen LogP contribution in [0.25, 0.3) is 111 Å². The second-order valence-corrected chi connectivity index (χ2v) is 14.4. The number of rotatable bonds is 5. The smallest absolute Gasteiger partial charge is 0.164 e. The van der Waals surface area contributed by atoms with Crippen LogP contribution in [0.4, 0.5) is 0 Å². The van der Waals surface area contributed by atoms with Crippen LogP contribution in [-0.2, 0) is 0 Å². The summed E-state index contributed by atoms with van der Waals surface area (Å²) in [4.78, 5) is 14.9. The highest BCUT2D eigenvalue weighted by molar-refractivity contribution is 6.29. The summed E-state index contributed by atoms with van der Waals surface area (Å²) in [6.07, 6.45) is 0. The van der Waals surface area contributed by atoms with Gasteiger partial charge in [-0.05, 0) is 72.8 Å². The SMILES string of the molecule is c1ccc(-c2nc(-c3ccccc3)nc(-c3ccc(-n4c5ccccc5c5cc6c7c8c(ccc7n(-c7ccccc7)c6cc54)oc4ccccc48)cc3)n2)cc1. The van der Waals surface area contributed by atoms with Crippen molar-refractivity contribution in [2.45, 2.75) is 0 Å². The van der Waals surface area contributed by atoms with Gasteiger partial charge in [-0.2, -0.15) is 0 Å². The molecule has 6 heteroatoms. The second-order valence-electron chi connectivity index (χ2n) is 14.4. The van der Waals surface area contributed by atoms with E-state index in [2.05, 4.69) is 130 Å². The number of aromatic nitrogens is 5. The molecule has 0 atom stereocenters. The van der Waals surface area contributed by atoms with Crippen LogP contribution in [0.1, 0.15) is 0 Å². The van der Waals surface area contributed by atoms with Gasteiger partial charge in [-0.3, -0.25) is 0 Å². The van der Waals surface area contributed by atoms with E-state index in [1.165, 1.54) is 21.5 Å². The Hall–Kier alpha value is -7.83. The quantitative estimate of drug-likeness (QED) is 0.177. The lowest BCUT2D eigenvalue weighted by atomic mass is 10.0. The second kappa shape index (κ2) is 12.3. The van der Waals surface area contributed by atoms with Gasteiger partial charge in [0.2, 0.25) is 0 Å². The van der Waals surface area contributed by atoms with Gasteiger partial charge in [0, 0.05) is 60.4 Å². The number of furan rings is 1. The molecule has 4 aromatic heterocycles. The van der Waals surface area contributed by atoms with Crippen LogP contribution in [0.15, 0.2) is 192 Å². The molecule has 0 aliphatic carbocycles. The number of benzene rings is 8. The molecular weight excluding hydrogens is 699 g/mol. The number of para-hydroxylation sites is 3. The maximum absolute atomic E-state index is 6.42. The fourth-order valence-electron chi connectivity index (χ4n) is 8.61. The number of fused-ring (bicyclic) bond motifs is 10. The molecule has 8 aromatic carbocycles. The zero-order chi connectivity index (χ0) is 37.5. The monoisotopic (exact) mass is 729 g/mol. The van der Waals surface area contributed by atoms with Crippen molar-refractivity contribution in [3.63, 3.8) is 0 Å². The van der Waals surface area contributed by atoms with E-state index in [9.17, 15) is 0 Å². The molecule has 6 nitrogen and oxygen atoms in total. The van der Waals surface area contributed by atoms with Crippen molar-refractivity contribution >= 4 is 65.6 Å². The zero-order valence-electron chi connectivity index (χ0n) is 30.5. The largest absolute Gasteiger partial charge is 0.456 e. The molecule has 0 saturated heterocycles. The molecular formula is C51H31N5O. The van der Waals surface area contributed by atoms with Crippen molar-refractivity contribution in [2.24, 2.45) is 0 Å². The van der Waals surface area contributed by atoms with Crippen molar-refractivity contribution in [1.29, 1.82) is 0 Å². The average molecular weight is 730 g/mol. The minimum atomic E-state index is 0.628. The number of hydrogen-bond acceptors (Lipinski definition) is 4. The predicted molar refractivity (Wildman–Crippen MR) is 232 cm³/mol. The molecule has 0 bridgehead atoms. The summed E-state index contributed by atoms with van der Waals surface area (Å²) in [5, 5.41) is 7.04. The van der Waals surface area contributed by atoms with Crippen molar-refractivity contribution in [3.8, 4) is 45.5 Å². The summed E-state index contributed by atoms with van der Waals surface area (Å²) in [6.45, 7) is 0. The van der Waals surface area contributed by atoms with E-state index in [0.717, 1.165) is 72.1 Å². The van der Waals surface area contributed by atoms with Crippen LogP contribution in [0.5, 0.6) is 0 Å². The molecule has 12 aromatic rings. The van der Waals surface area contributed by atoms with Crippen LogP contribution < -0.4 is 0 Å². The standard InChI is InChI=1S/C51H31N5O/c1-4-14-32(15-5-1)49-52-50(33-16-6-2-7-17-33)54-51(53-49)34-24-26-36(27-25-34)55-41-22-12-10-20-37(41)39-30-40-44(31-43(39)55)56(35-18-8-3-9-19-35)42-28-29-46-48(47(40)42)38-21-11-13-23-45(38)57-46/h1-31H. The Morgan fingerprint density at radius 1 is 0.316 bits per heavy atom. The summed E-state index contributed by atoms with van der Waals surface area (Å²) < 4.78 is 11.2. The fraction of sp³-hybridized carbons (Fsp3) is 0. The maximum atomic E-state index is 6.42. The first-order chi connectivity index (χ1) is 28.3. The Balaban J connectivity index is 1.09. The van der Waals surface area contributed by atoms with Crippen LogP contribution in [-0.4, -0.2) is 24.1 Å². The first-order valence-corrected chi connectivity index (χ1v) is 19.1. The lowest BCUT2D eigenvalue weighted by Crippen LogP contribution is -2.00. The topological polar surface area (TPSA) is 61.7 Å². The van der Waals surface area contributed by atoms with E-state index in [1.54, 1.807) is 0 Å². The minimum absolute atomic E-state index is 0.628. The first kappa shape index (κ1) is 31.5. The van der Waals surface area contributed by atoms with Gasteiger partial charge in [0.05, 0.1) is 22.1 Å². The molecule has 0 fully saturated rings. The third-order valence-electron chi connectivity index (χ3n) is 11.2. The van der Waals surface area contributed by atoms with E-state index in [1.807, 2.05) is 66.7 Å². The molecule has 0 aliphatic rings. The van der Waals surface area contributed by atoms with Gasteiger partial charge in [0.15, 0.2) is 17.5 Å². The maximum Gasteiger partial charge on any atom is 0.164 e. The zero-order valence-corrected chi connectivity index (χ0v) is 30.5. The number of hydrogen-bond donors (Lipinski definition) is 0. The van der Waals surface area contributed by atoms with Gasteiger partial charge in [0.25, 0.3) is 0 Å². The molecule has 57 heavy (non-hydrogen) atoms. The summed E-state index contributed by atoms with van der Waals surface area (Å²) in [5.74, 6) is 1.91. The van der Waals surface area contributed by atoms with Crippen LogP contribution in [0.2, 0.25) is 0 Å². The Morgan fingerprint density at radius 2 is 0.842 bits per heavy atom. The van der Waals surface area contributed by atoms with Crippen molar-refractivity contribution < 1.29 is 4.42 Å². The Labute approximate surface area is 326 Å². The highest BCUT2D eigenvalue weighted by Gasteiger charge is 2.22. The molecule has 0 amide bonds. The third kappa shape index (κ3) is 4.87. The first-order valence-electron chi connectivity index (χ1n) is 19.1. The third-order valence-corrected chi connectivity index (χ3v) is 11.2. The van der Waals surface area contributed by atoms with Gasteiger partial charge < -0.3 is 13.6 Å². The average Bonchev–Trinajstić information content (AvgIpc) is 3.93. The van der Waals surface area contributed by atoms with Gasteiger partial charge in [-0.15, -0.1) is 0 Å². The van der Waals surface area contributed by atoms with Crippen molar-refractivity contribution in [1.82, 2.24) is 24.1 Å². The van der Waals surface area contributed by atoms with E-state index >= 15 is 0 Å². The molecule has 0 N–H and O–H groups in total. The highest BCUT2D eigenvalue weighted by atomic mass is 16.3. The molecule has 0 spiro atoms. The molecule has 0 aliphatic heterocycles. The van der Waals surface area contributed by atoms with Gasteiger partial charge in [0.1, 0.15) is 11.2 Å². The Kier molecular flexibility index (Phi) is 6.83. The van der Waals surface area contributed by atoms with Crippen LogP contribution in [0.3, 0.4) is 0 Å². The highest BCUT2D eigenvalue weighted by Crippen LogP contribution is 2.44. The van der Waals surface area contributed by atoms with E-state index in [4.69, 9.17) is 19.4 Å². The molecule has 0 unspecified atom stereocenters. The minimum Gasteiger partial charge on any atom is -0.456 e. The lowest BCUT2D eigenvalue weighted by molar-refractivity contribution is 0.669. The van der Waals surface area contributed by atoms with Gasteiger partial charge in [-0.25, -0.2) is 15.0 Å². The molecule has 12 rings (SSSR count). The van der Waals surface area contributed by atoms with Crippen molar-refractivity contribution in [3.05, 3.63) is 188 Å². The fourth-order valence-corrected chi connectivity index (χ4v) is 8.61. The van der Waals surface area contributed by atoms with Gasteiger partial charge in [-0.1, -0.05) is 115 Å². The predicted octanol–water partition coefficient (Wildman–Crippen LogP) is 13.0. The summed E-state index contributed by atoms with van der Waals surface area (Å²) in [6, 6.07) is 65.5. The molecule has 0 radical (unpaired) electrons. The summed E-state index contributed by atoms with van der Waals surface area (Å²) in [5.41, 5.74) is 11.3. The van der Waals surface area contributed by atoms with Gasteiger partial charge >= 0.3 is 0 Å². The summed E-state index contributed by atoms with van der Waals surface area (Å²) >= 11 is 0. The van der Waals surface area contributed by atoms with E-state index in [0.29, 0.717) is 17.5 Å². The molecule has 4 heterocycles. The summed E-state index contributed by atoms with van der Waals surface area (Å²) in [7, 11) is 0. The van der Waals surface area contributed by atoms with E-state index < -0.39 is 0 Å². The van der Waals surface area contributed by atoms with Crippen molar-refractivity contribution in [2.75, 3.05) is 0 Å².